The number of hydrogen-bond acceptors (Lipinski definition) is 4. The number of nitrogens with one attached hydrogen (secondary N) is 2. The predicted molar refractivity (Wildman–Crippen MR) is 123 cm³/mol. The quantitative estimate of drug-likeness (QED) is 0.646. The maximum absolute atomic E-state index is 13.4. The van der Waals surface area contributed by atoms with E-state index in [-0.39, 0.29) is 24.4 Å². The molecule has 31 heavy (non-hydrogen) atoms. The Morgan fingerprint density at radius 3 is 2.13 bits per heavy atom. The molecule has 0 spiro atoms. The van der Waals surface area contributed by atoms with Crippen molar-refractivity contribution in [2.24, 2.45) is 0 Å². The summed E-state index contributed by atoms with van der Waals surface area (Å²) in [4.78, 5) is 40.4. The van der Waals surface area contributed by atoms with E-state index in [4.69, 9.17) is 4.74 Å². The van der Waals surface area contributed by atoms with E-state index < -0.39 is 23.3 Å². The van der Waals surface area contributed by atoms with Gasteiger partial charge in [0.05, 0.1) is 0 Å². The second kappa shape index (κ2) is 10.6. The number of aryl methyl sites for hydroxylation is 1. The van der Waals surface area contributed by atoms with Crippen LogP contribution >= 0.6 is 0 Å². The van der Waals surface area contributed by atoms with Crippen LogP contribution in [0.4, 0.5) is 4.79 Å². The summed E-state index contributed by atoms with van der Waals surface area (Å²) in [5.41, 5.74) is 0.369. The zero-order chi connectivity index (χ0) is 24.0. The minimum absolute atomic E-state index is 0.0828. The lowest BCUT2D eigenvalue weighted by Crippen LogP contribution is -2.56. The molecular formula is C24H39N3O4. The molecule has 0 aliphatic rings. The summed E-state index contributed by atoms with van der Waals surface area (Å²) in [5.74, 6) is -0.610. The molecule has 7 nitrogen and oxygen atoms in total. The molecule has 0 aliphatic carbocycles. The molecule has 1 aromatic rings. The summed E-state index contributed by atoms with van der Waals surface area (Å²) < 4.78 is 5.24. The topological polar surface area (TPSA) is 87.7 Å². The van der Waals surface area contributed by atoms with Crippen molar-refractivity contribution in [1.82, 2.24) is 15.5 Å². The Balaban J connectivity index is 3.35. The molecule has 1 atom stereocenters. The third-order valence-corrected chi connectivity index (χ3v) is 4.99. The Kier molecular flexibility index (Phi) is 9.09. The second-order valence-corrected chi connectivity index (χ2v) is 9.71. The van der Waals surface area contributed by atoms with Gasteiger partial charge in [-0.2, -0.15) is 0 Å². The molecule has 0 saturated heterocycles. The van der Waals surface area contributed by atoms with Gasteiger partial charge in [-0.15, -0.1) is 0 Å². The molecule has 0 bridgehead atoms. The molecule has 1 unspecified atom stereocenters. The number of carbonyl (C=O) groups excluding carboxylic acids is 3. The van der Waals surface area contributed by atoms with Crippen molar-refractivity contribution in [2.75, 3.05) is 6.54 Å². The number of rotatable bonds is 8. The van der Waals surface area contributed by atoms with Gasteiger partial charge in [-0.3, -0.25) is 9.59 Å². The molecule has 0 aromatic heterocycles. The van der Waals surface area contributed by atoms with E-state index in [1.807, 2.05) is 65.8 Å². The molecule has 0 fully saturated rings. The van der Waals surface area contributed by atoms with Gasteiger partial charge in [0.15, 0.2) is 0 Å². The number of ether oxygens (including phenoxy) is 1. The Morgan fingerprint density at radius 2 is 1.65 bits per heavy atom. The minimum Gasteiger partial charge on any atom is -0.444 e. The van der Waals surface area contributed by atoms with Crippen LogP contribution in [0.15, 0.2) is 24.3 Å². The molecule has 1 aromatic carbocycles. The van der Waals surface area contributed by atoms with Crippen molar-refractivity contribution in [2.45, 2.75) is 92.0 Å². The summed E-state index contributed by atoms with van der Waals surface area (Å²) in [7, 11) is 0. The fraction of sp³-hybridized carbons (Fsp3) is 0.625. The van der Waals surface area contributed by atoms with Gasteiger partial charge in [-0.25, -0.2) is 4.79 Å². The molecule has 174 valence electrons. The van der Waals surface area contributed by atoms with Crippen LogP contribution < -0.4 is 10.6 Å². The molecular weight excluding hydrogens is 394 g/mol. The van der Waals surface area contributed by atoms with E-state index in [0.717, 1.165) is 11.1 Å². The molecule has 2 N–H and O–H groups in total. The molecule has 1 rings (SSSR count). The van der Waals surface area contributed by atoms with Crippen LogP contribution in [0.1, 0.15) is 79.0 Å². The normalized spacial score (nSPS) is 12.8. The maximum atomic E-state index is 13.4. The van der Waals surface area contributed by atoms with Gasteiger partial charge in [0.1, 0.15) is 18.2 Å². The van der Waals surface area contributed by atoms with Crippen molar-refractivity contribution in [3.8, 4) is 0 Å². The molecule has 7 heteroatoms. The van der Waals surface area contributed by atoms with Crippen LogP contribution in [0, 0.1) is 6.92 Å². The van der Waals surface area contributed by atoms with E-state index in [0.29, 0.717) is 6.42 Å². The first kappa shape index (κ1) is 26.5. The van der Waals surface area contributed by atoms with Gasteiger partial charge in [0.25, 0.3) is 0 Å². The average molecular weight is 434 g/mol. The highest BCUT2D eigenvalue weighted by Crippen LogP contribution is 2.32. The first-order valence-electron chi connectivity index (χ1n) is 10.8. The van der Waals surface area contributed by atoms with Gasteiger partial charge in [0.2, 0.25) is 11.8 Å². The zero-order valence-electron chi connectivity index (χ0n) is 20.5. The third-order valence-electron chi connectivity index (χ3n) is 4.99. The van der Waals surface area contributed by atoms with Gasteiger partial charge in [-0.05, 0) is 72.9 Å². The monoisotopic (exact) mass is 433 g/mol. The lowest BCUT2D eigenvalue weighted by molar-refractivity contribution is -0.147. The Labute approximate surface area is 186 Å². The van der Waals surface area contributed by atoms with E-state index in [9.17, 15) is 14.4 Å². The number of hydrogen-bond donors (Lipinski definition) is 2. The van der Waals surface area contributed by atoms with Crippen LogP contribution in [-0.4, -0.2) is 46.5 Å². The van der Waals surface area contributed by atoms with Crippen molar-refractivity contribution < 1.29 is 19.1 Å². The maximum Gasteiger partial charge on any atom is 0.408 e. The van der Waals surface area contributed by atoms with Crippen LogP contribution in [0.3, 0.4) is 0 Å². The molecule has 0 saturated carbocycles. The fourth-order valence-corrected chi connectivity index (χ4v) is 3.20. The Bertz CT molecular complexity index is 781. The van der Waals surface area contributed by atoms with Crippen molar-refractivity contribution in [3.63, 3.8) is 0 Å². The van der Waals surface area contributed by atoms with Crippen molar-refractivity contribution >= 4 is 17.9 Å². The van der Waals surface area contributed by atoms with Gasteiger partial charge >= 0.3 is 6.09 Å². The number of alkyl carbamates (subject to hydrolysis) is 1. The second-order valence-electron chi connectivity index (χ2n) is 9.71. The molecule has 0 aliphatic heterocycles. The van der Waals surface area contributed by atoms with Crippen LogP contribution in [0.2, 0.25) is 0 Å². The van der Waals surface area contributed by atoms with Crippen molar-refractivity contribution in [1.29, 1.82) is 0 Å². The van der Waals surface area contributed by atoms with E-state index in [1.165, 1.54) is 0 Å². The average Bonchev–Trinajstić information content (AvgIpc) is 2.62. The number of benzene rings is 1. The first-order chi connectivity index (χ1) is 14.2. The van der Waals surface area contributed by atoms with Crippen LogP contribution in [-0.2, 0) is 14.3 Å². The Morgan fingerprint density at radius 1 is 1.06 bits per heavy atom. The third kappa shape index (κ3) is 7.89. The highest BCUT2D eigenvalue weighted by atomic mass is 16.6. The van der Waals surface area contributed by atoms with Crippen molar-refractivity contribution in [3.05, 3.63) is 35.4 Å². The van der Waals surface area contributed by atoms with E-state index >= 15 is 0 Å². The van der Waals surface area contributed by atoms with Crippen LogP contribution in [0.25, 0.3) is 0 Å². The van der Waals surface area contributed by atoms with Gasteiger partial charge in [0, 0.05) is 11.6 Å². The van der Waals surface area contributed by atoms with E-state index in [1.54, 1.807) is 25.7 Å². The van der Waals surface area contributed by atoms with Gasteiger partial charge in [-0.1, -0.05) is 31.2 Å². The minimum atomic E-state index is -0.827. The summed E-state index contributed by atoms with van der Waals surface area (Å²) in [6.07, 6.45) is -0.0446. The van der Waals surface area contributed by atoms with E-state index in [2.05, 4.69) is 10.6 Å². The van der Waals surface area contributed by atoms with Gasteiger partial charge < -0.3 is 20.3 Å². The number of nitrogens with zero attached hydrogens (tertiary/aromatic N) is 1. The smallest absolute Gasteiger partial charge is 0.408 e. The molecule has 3 amide bonds. The molecule has 0 heterocycles. The van der Waals surface area contributed by atoms with Crippen LogP contribution in [0.5, 0.6) is 0 Å². The number of carbonyl (C=O) groups is 3. The summed E-state index contributed by atoms with van der Waals surface area (Å²) in [6.45, 7) is 16.5. The highest BCUT2D eigenvalue weighted by Gasteiger charge is 2.40. The summed E-state index contributed by atoms with van der Waals surface area (Å²) >= 11 is 0. The highest BCUT2D eigenvalue weighted by molar-refractivity contribution is 5.91. The lowest BCUT2D eigenvalue weighted by Gasteiger charge is -2.43. The lowest BCUT2D eigenvalue weighted by atomic mass is 9.91. The zero-order valence-corrected chi connectivity index (χ0v) is 20.5. The number of amides is 3. The SMILES string of the molecule is CCC(C)(C)N(C(=O)CNC(=O)OC(C)(C)C)C(C(=O)NC(C)C)c1ccccc1C. The first-order valence-corrected chi connectivity index (χ1v) is 10.8. The fourth-order valence-electron chi connectivity index (χ4n) is 3.20. The Hall–Kier alpha value is -2.57. The summed E-state index contributed by atoms with van der Waals surface area (Å²) in [6, 6.07) is 6.64. The standard InChI is InChI=1S/C24H39N3O4/c1-10-24(8,9)27(19(28)15-25-22(30)31-23(5,6)7)20(21(29)26-16(2)3)18-14-12-11-13-17(18)4/h11-14,16,20H,10,15H2,1-9H3,(H,25,30)(H,26,29). The molecule has 0 radical (unpaired) electrons. The largest absolute Gasteiger partial charge is 0.444 e. The predicted octanol–water partition coefficient (Wildman–Crippen LogP) is 4.10. The summed E-state index contributed by atoms with van der Waals surface area (Å²) in [5, 5.41) is 5.48.